The van der Waals surface area contributed by atoms with Gasteiger partial charge in [-0.15, -0.1) is 0 Å². The average molecular weight is 347 g/mol. The zero-order chi connectivity index (χ0) is 17.9. The van der Waals surface area contributed by atoms with Crippen LogP contribution in [-0.4, -0.2) is 26.5 Å². The number of anilines is 1. The fraction of sp³-hybridized carbons (Fsp3) is 0.278. The van der Waals surface area contributed by atoms with Crippen molar-refractivity contribution in [2.75, 3.05) is 11.4 Å². The molecule has 0 amide bonds. The second-order valence-corrected chi connectivity index (χ2v) is 7.91. The number of carboxylic acids is 1. The first-order valence-corrected chi connectivity index (χ1v) is 9.05. The zero-order valence-electron chi connectivity index (χ0n) is 13.9. The summed E-state index contributed by atoms with van der Waals surface area (Å²) in [5.41, 5.74) is 2.14. The molecular weight excluding hydrogens is 326 g/mol. The van der Waals surface area contributed by atoms with Crippen LogP contribution < -0.4 is 4.31 Å². The molecule has 0 atom stereocenters. The van der Waals surface area contributed by atoms with E-state index >= 15 is 0 Å². The van der Waals surface area contributed by atoms with Crippen LogP contribution in [0.4, 0.5) is 5.69 Å². The van der Waals surface area contributed by atoms with Gasteiger partial charge in [-0.2, -0.15) is 0 Å². The van der Waals surface area contributed by atoms with Gasteiger partial charge in [0.05, 0.1) is 17.0 Å². The van der Waals surface area contributed by atoms with Gasteiger partial charge in [-0.25, -0.2) is 8.42 Å². The molecule has 0 aliphatic rings. The number of carbonyl (C=O) groups is 1. The molecule has 0 saturated heterocycles. The van der Waals surface area contributed by atoms with E-state index in [0.29, 0.717) is 17.2 Å². The van der Waals surface area contributed by atoms with Crippen LogP contribution in [0.25, 0.3) is 0 Å². The highest BCUT2D eigenvalue weighted by Gasteiger charge is 2.22. The molecular formula is C18H21NO4S. The summed E-state index contributed by atoms with van der Waals surface area (Å²) >= 11 is 0. The molecule has 0 saturated carbocycles. The van der Waals surface area contributed by atoms with Crippen molar-refractivity contribution in [2.45, 2.75) is 31.1 Å². The van der Waals surface area contributed by atoms with Crippen LogP contribution in [0.3, 0.4) is 0 Å². The van der Waals surface area contributed by atoms with Crippen molar-refractivity contribution in [3.8, 4) is 0 Å². The maximum absolute atomic E-state index is 12.8. The van der Waals surface area contributed by atoms with Gasteiger partial charge < -0.3 is 5.11 Å². The summed E-state index contributed by atoms with van der Waals surface area (Å²) < 4.78 is 26.7. The highest BCUT2D eigenvalue weighted by molar-refractivity contribution is 7.92. The standard InChI is InChI=1S/C18H21NO4S/c1-13(2)15-7-9-16(10-8-15)19(3)24(22,23)17-6-4-5-14(11-17)12-18(20)21/h4-11,13H,12H2,1-3H3,(H,20,21). The van der Waals surface area contributed by atoms with Crippen molar-refractivity contribution >= 4 is 21.7 Å². The first kappa shape index (κ1) is 18.0. The number of carboxylic acid groups (broad SMARTS) is 1. The molecule has 6 heteroatoms. The molecule has 0 aromatic heterocycles. The lowest BCUT2D eigenvalue weighted by atomic mass is 10.0. The van der Waals surface area contributed by atoms with Crippen molar-refractivity contribution in [2.24, 2.45) is 0 Å². The van der Waals surface area contributed by atoms with E-state index in [-0.39, 0.29) is 11.3 Å². The molecule has 0 aliphatic heterocycles. The first-order valence-electron chi connectivity index (χ1n) is 7.61. The molecule has 2 aromatic carbocycles. The van der Waals surface area contributed by atoms with Gasteiger partial charge in [0.2, 0.25) is 0 Å². The summed E-state index contributed by atoms with van der Waals surface area (Å²) in [6, 6.07) is 13.4. The van der Waals surface area contributed by atoms with Gasteiger partial charge in [0, 0.05) is 7.05 Å². The molecule has 0 heterocycles. The quantitative estimate of drug-likeness (QED) is 0.870. The topological polar surface area (TPSA) is 74.7 Å². The highest BCUT2D eigenvalue weighted by Crippen LogP contribution is 2.25. The summed E-state index contributed by atoms with van der Waals surface area (Å²) in [4.78, 5) is 10.9. The lowest BCUT2D eigenvalue weighted by Crippen LogP contribution is -2.26. The van der Waals surface area contributed by atoms with E-state index < -0.39 is 16.0 Å². The Bertz CT molecular complexity index is 826. The highest BCUT2D eigenvalue weighted by atomic mass is 32.2. The molecule has 24 heavy (non-hydrogen) atoms. The molecule has 0 radical (unpaired) electrons. The molecule has 0 unspecified atom stereocenters. The maximum Gasteiger partial charge on any atom is 0.307 e. The van der Waals surface area contributed by atoms with Crippen LogP contribution in [0, 0.1) is 0 Å². The van der Waals surface area contributed by atoms with E-state index in [2.05, 4.69) is 13.8 Å². The average Bonchev–Trinajstić information content (AvgIpc) is 2.53. The lowest BCUT2D eigenvalue weighted by Gasteiger charge is -2.20. The van der Waals surface area contributed by atoms with E-state index in [1.165, 1.54) is 23.5 Å². The Labute approximate surface area is 142 Å². The fourth-order valence-corrected chi connectivity index (χ4v) is 3.62. The van der Waals surface area contributed by atoms with E-state index in [1.807, 2.05) is 12.1 Å². The first-order chi connectivity index (χ1) is 11.2. The SMILES string of the molecule is CC(C)c1ccc(N(C)S(=O)(=O)c2cccc(CC(=O)O)c2)cc1. The van der Waals surface area contributed by atoms with Crippen molar-refractivity contribution in [3.05, 3.63) is 59.7 Å². The minimum absolute atomic E-state index is 0.0803. The summed E-state index contributed by atoms with van der Waals surface area (Å²) in [6.45, 7) is 4.15. The number of sulfonamides is 1. The molecule has 0 fully saturated rings. The van der Waals surface area contributed by atoms with E-state index in [1.54, 1.807) is 24.3 Å². The van der Waals surface area contributed by atoms with Crippen molar-refractivity contribution < 1.29 is 18.3 Å². The Kier molecular flexibility index (Phi) is 5.29. The third-order valence-corrected chi connectivity index (χ3v) is 5.62. The fourth-order valence-electron chi connectivity index (χ4n) is 2.36. The maximum atomic E-state index is 12.8. The number of hydrogen-bond acceptors (Lipinski definition) is 3. The van der Waals surface area contributed by atoms with Crippen molar-refractivity contribution in [1.29, 1.82) is 0 Å². The van der Waals surface area contributed by atoms with E-state index in [4.69, 9.17) is 5.11 Å². The van der Waals surface area contributed by atoms with E-state index in [0.717, 1.165) is 5.56 Å². The summed E-state index contributed by atoms with van der Waals surface area (Å²) in [7, 11) is -2.25. The number of hydrogen-bond donors (Lipinski definition) is 1. The van der Waals surface area contributed by atoms with Crippen LogP contribution in [-0.2, 0) is 21.2 Å². The van der Waals surface area contributed by atoms with Gasteiger partial charge in [0.25, 0.3) is 10.0 Å². The number of nitrogens with zero attached hydrogens (tertiary/aromatic N) is 1. The predicted molar refractivity (Wildman–Crippen MR) is 93.9 cm³/mol. The normalized spacial score (nSPS) is 11.5. The molecule has 5 nitrogen and oxygen atoms in total. The summed E-state index contributed by atoms with van der Waals surface area (Å²) in [5, 5.41) is 8.86. The molecule has 0 spiro atoms. The molecule has 2 rings (SSSR count). The van der Waals surface area contributed by atoms with Crippen molar-refractivity contribution in [1.82, 2.24) is 0 Å². The monoisotopic (exact) mass is 347 g/mol. The van der Waals surface area contributed by atoms with Crippen LogP contribution in [0.15, 0.2) is 53.4 Å². The van der Waals surface area contributed by atoms with Crippen LogP contribution >= 0.6 is 0 Å². The summed E-state index contributed by atoms with van der Waals surface area (Å²) in [6.07, 6.45) is -0.212. The number of rotatable bonds is 6. The smallest absolute Gasteiger partial charge is 0.307 e. The lowest BCUT2D eigenvalue weighted by molar-refractivity contribution is -0.136. The molecule has 0 aliphatic carbocycles. The molecule has 2 aromatic rings. The van der Waals surface area contributed by atoms with Crippen LogP contribution in [0.1, 0.15) is 30.9 Å². The van der Waals surface area contributed by atoms with Gasteiger partial charge in [0.15, 0.2) is 0 Å². The Balaban J connectivity index is 2.33. The molecule has 128 valence electrons. The van der Waals surface area contributed by atoms with Crippen LogP contribution in [0.5, 0.6) is 0 Å². The third kappa shape index (κ3) is 3.94. The van der Waals surface area contributed by atoms with Gasteiger partial charge in [-0.05, 0) is 41.3 Å². The van der Waals surface area contributed by atoms with Gasteiger partial charge in [-0.3, -0.25) is 9.10 Å². The van der Waals surface area contributed by atoms with E-state index in [9.17, 15) is 13.2 Å². The van der Waals surface area contributed by atoms with Gasteiger partial charge >= 0.3 is 5.97 Å². The zero-order valence-corrected chi connectivity index (χ0v) is 14.7. The molecule has 1 N–H and O–H groups in total. The van der Waals surface area contributed by atoms with Crippen LogP contribution in [0.2, 0.25) is 0 Å². The Morgan fingerprint density at radius 3 is 2.29 bits per heavy atom. The largest absolute Gasteiger partial charge is 0.481 e. The second-order valence-electron chi connectivity index (χ2n) is 5.94. The Hall–Kier alpha value is -2.34. The van der Waals surface area contributed by atoms with Gasteiger partial charge in [0.1, 0.15) is 0 Å². The number of benzene rings is 2. The van der Waals surface area contributed by atoms with Crippen molar-refractivity contribution in [3.63, 3.8) is 0 Å². The van der Waals surface area contributed by atoms with Gasteiger partial charge in [-0.1, -0.05) is 38.1 Å². The minimum atomic E-state index is -3.74. The second kappa shape index (κ2) is 7.05. The minimum Gasteiger partial charge on any atom is -0.481 e. The third-order valence-electron chi connectivity index (χ3n) is 3.84. The summed E-state index contributed by atoms with van der Waals surface area (Å²) in [5.74, 6) is -0.629. The molecule has 0 bridgehead atoms. The number of aliphatic carboxylic acids is 1. The Morgan fingerprint density at radius 1 is 1.12 bits per heavy atom. The predicted octanol–water partition coefficient (Wildman–Crippen LogP) is 3.26. The Morgan fingerprint density at radius 2 is 1.75 bits per heavy atom.